The van der Waals surface area contributed by atoms with Gasteiger partial charge < -0.3 is 0 Å². The summed E-state index contributed by atoms with van der Waals surface area (Å²) in [7, 11) is 0. The van der Waals surface area contributed by atoms with Gasteiger partial charge in [-0.2, -0.15) is 0 Å². The minimum absolute atomic E-state index is 0.0601. The molecule has 0 unspecified atom stereocenters. The van der Waals surface area contributed by atoms with Crippen LogP contribution in [0.15, 0.2) is 30.1 Å². The van der Waals surface area contributed by atoms with E-state index in [9.17, 15) is 4.39 Å². The first-order valence-corrected chi connectivity index (χ1v) is 4.78. The third kappa shape index (κ3) is 1.39. The molecule has 0 N–H and O–H groups in total. The Balaban J connectivity index is 2.50. The van der Waals surface area contributed by atoms with Gasteiger partial charge in [0.25, 0.3) is 0 Å². The lowest BCUT2D eigenvalue weighted by Gasteiger charge is -2.01. The highest BCUT2D eigenvalue weighted by molar-refractivity contribution is 5.73. The first-order chi connectivity index (χ1) is 6.33. The molecule has 1 aromatic carbocycles. The maximum absolute atomic E-state index is 13.4. The van der Waals surface area contributed by atoms with E-state index < -0.39 is 0 Å². The second-order valence-corrected chi connectivity index (χ2v) is 3.39. The average molecular weight is 176 g/mol. The molecule has 0 atom stereocenters. The Labute approximate surface area is 78.1 Å². The highest BCUT2D eigenvalue weighted by atomic mass is 19.1. The third-order valence-corrected chi connectivity index (χ3v) is 2.62. The molecule has 13 heavy (non-hydrogen) atoms. The summed E-state index contributed by atoms with van der Waals surface area (Å²) in [6.07, 6.45) is 2.39. The van der Waals surface area contributed by atoms with Crippen LogP contribution in [0, 0.1) is 0 Å². The highest BCUT2D eigenvalue weighted by Gasteiger charge is 2.18. The Kier molecular flexibility index (Phi) is 2.17. The fourth-order valence-electron chi connectivity index (χ4n) is 1.92. The van der Waals surface area contributed by atoms with Crippen LogP contribution in [-0.4, -0.2) is 0 Å². The largest absolute Gasteiger partial charge is 0.212 e. The molecule has 2 rings (SSSR count). The fourth-order valence-corrected chi connectivity index (χ4v) is 1.92. The molecule has 0 bridgehead atoms. The van der Waals surface area contributed by atoms with Gasteiger partial charge in [0.15, 0.2) is 0 Å². The van der Waals surface area contributed by atoms with Crippen molar-refractivity contribution < 1.29 is 4.39 Å². The quantitative estimate of drug-likeness (QED) is 0.611. The molecule has 0 saturated heterocycles. The Morgan fingerprint density at radius 2 is 2.08 bits per heavy atom. The molecule has 0 radical (unpaired) electrons. The summed E-state index contributed by atoms with van der Waals surface area (Å²) in [5, 5.41) is 0. The van der Waals surface area contributed by atoms with E-state index >= 15 is 0 Å². The number of halogens is 1. The van der Waals surface area contributed by atoms with Crippen molar-refractivity contribution in [1.29, 1.82) is 0 Å². The van der Waals surface area contributed by atoms with Crippen LogP contribution in [0.2, 0.25) is 0 Å². The van der Waals surface area contributed by atoms with Crippen LogP contribution in [0.25, 0.3) is 5.57 Å². The fraction of sp³-hybridized carbons (Fsp3) is 0.333. The maximum Gasteiger partial charge on any atom is 0.103 e. The molecule has 0 aromatic heterocycles. The molecule has 0 nitrogen and oxygen atoms in total. The van der Waals surface area contributed by atoms with Gasteiger partial charge in [0, 0.05) is 0 Å². The Bertz CT molecular complexity index is 350. The van der Waals surface area contributed by atoms with E-state index in [2.05, 4.69) is 6.07 Å². The normalized spacial score (nSPS) is 18.6. The third-order valence-electron chi connectivity index (χ3n) is 2.62. The van der Waals surface area contributed by atoms with Gasteiger partial charge in [0.05, 0.1) is 0 Å². The molecular formula is C12H13F. The first-order valence-electron chi connectivity index (χ1n) is 4.78. The zero-order chi connectivity index (χ0) is 9.26. The average Bonchev–Trinajstić information content (AvgIpc) is 2.60. The van der Waals surface area contributed by atoms with Gasteiger partial charge >= 0.3 is 0 Å². The molecule has 0 spiro atoms. The summed E-state index contributed by atoms with van der Waals surface area (Å²) >= 11 is 0. The van der Waals surface area contributed by atoms with E-state index in [4.69, 9.17) is 0 Å². The standard InChI is InChI=1S/C12H13F/c1-2-12(13)11-8-7-9-5-3-4-6-10(9)11/h3-6H,2,7-8H2,1H3/b12-11+. The van der Waals surface area contributed by atoms with Crippen LogP contribution < -0.4 is 0 Å². The predicted octanol–water partition coefficient (Wildman–Crippen LogP) is 3.72. The van der Waals surface area contributed by atoms with Crippen molar-refractivity contribution in [1.82, 2.24) is 0 Å². The molecule has 0 saturated carbocycles. The van der Waals surface area contributed by atoms with Crippen molar-refractivity contribution in [3.05, 3.63) is 41.2 Å². The predicted molar refractivity (Wildman–Crippen MR) is 53.1 cm³/mol. The second-order valence-electron chi connectivity index (χ2n) is 3.39. The Morgan fingerprint density at radius 1 is 1.31 bits per heavy atom. The van der Waals surface area contributed by atoms with E-state index in [1.165, 1.54) is 5.56 Å². The minimum atomic E-state index is 0.0601. The van der Waals surface area contributed by atoms with Gasteiger partial charge in [-0.15, -0.1) is 0 Å². The van der Waals surface area contributed by atoms with Crippen molar-refractivity contribution in [3.8, 4) is 0 Å². The molecule has 1 heteroatoms. The van der Waals surface area contributed by atoms with Crippen LogP contribution in [0.5, 0.6) is 0 Å². The summed E-state index contributed by atoms with van der Waals surface area (Å²) in [4.78, 5) is 0. The van der Waals surface area contributed by atoms with Crippen molar-refractivity contribution in [3.63, 3.8) is 0 Å². The van der Waals surface area contributed by atoms with Gasteiger partial charge in [0.2, 0.25) is 0 Å². The van der Waals surface area contributed by atoms with Crippen molar-refractivity contribution in [2.24, 2.45) is 0 Å². The van der Waals surface area contributed by atoms with Gasteiger partial charge in [-0.3, -0.25) is 0 Å². The van der Waals surface area contributed by atoms with E-state index in [0.29, 0.717) is 6.42 Å². The summed E-state index contributed by atoms with van der Waals surface area (Å²) < 4.78 is 13.4. The molecule has 0 amide bonds. The molecule has 1 aromatic rings. The second kappa shape index (κ2) is 3.33. The molecule has 1 aliphatic rings. The Morgan fingerprint density at radius 3 is 2.85 bits per heavy atom. The van der Waals surface area contributed by atoms with Gasteiger partial charge in [0.1, 0.15) is 5.83 Å². The van der Waals surface area contributed by atoms with E-state index in [1.807, 2.05) is 25.1 Å². The van der Waals surface area contributed by atoms with Crippen LogP contribution in [-0.2, 0) is 6.42 Å². The molecule has 0 heterocycles. The number of hydrogen-bond acceptors (Lipinski definition) is 0. The highest BCUT2D eigenvalue weighted by Crippen LogP contribution is 2.35. The lowest BCUT2D eigenvalue weighted by atomic mass is 10.1. The molecule has 0 aliphatic heterocycles. The summed E-state index contributed by atoms with van der Waals surface area (Å²) in [5.74, 6) is 0.0601. The number of benzene rings is 1. The number of rotatable bonds is 1. The molecule has 0 fully saturated rings. The minimum Gasteiger partial charge on any atom is -0.212 e. The van der Waals surface area contributed by atoms with Crippen molar-refractivity contribution >= 4 is 5.57 Å². The van der Waals surface area contributed by atoms with Crippen LogP contribution in [0.4, 0.5) is 4.39 Å². The molecular weight excluding hydrogens is 163 g/mol. The van der Waals surface area contributed by atoms with E-state index in [-0.39, 0.29) is 5.83 Å². The van der Waals surface area contributed by atoms with E-state index in [1.54, 1.807) is 0 Å². The summed E-state index contributed by atoms with van der Waals surface area (Å²) in [6.45, 7) is 1.86. The summed E-state index contributed by atoms with van der Waals surface area (Å²) in [5.41, 5.74) is 3.35. The van der Waals surface area contributed by atoms with Gasteiger partial charge in [-0.05, 0) is 36.0 Å². The molecule has 68 valence electrons. The zero-order valence-electron chi connectivity index (χ0n) is 7.81. The number of allylic oxidation sites excluding steroid dienone is 2. The SMILES string of the molecule is CC/C(F)=C1/CCc2ccccc21. The van der Waals surface area contributed by atoms with Crippen molar-refractivity contribution in [2.75, 3.05) is 0 Å². The van der Waals surface area contributed by atoms with Crippen LogP contribution in [0.1, 0.15) is 30.9 Å². The van der Waals surface area contributed by atoms with Crippen molar-refractivity contribution in [2.45, 2.75) is 26.2 Å². The molecule has 1 aliphatic carbocycles. The zero-order valence-corrected chi connectivity index (χ0v) is 7.81. The lowest BCUT2D eigenvalue weighted by Crippen LogP contribution is -1.82. The topological polar surface area (TPSA) is 0 Å². The van der Waals surface area contributed by atoms with Crippen LogP contribution in [0.3, 0.4) is 0 Å². The smallest absolute Gasteiger partial charge is 0.103 e. The first kappa shape index (κ1) is 8.49. The maximum atomic E-state index is 13.4. The van der Waals surface area contributed by atoms with Gasteiger partial charge in [-0.25, -0.2) is 4.39 Å². The summed E-state index contributed by atoms with van der Waals surface area (Å²) in [6, 6.07) is 8.11. The van der Waals surface area contributed by atoms with E-state index in [0.717, 1.165) is 24.0 Å². The Hall–Kier alpha value is -1.11. The monoisotopic (exact) mass is 176 g/mol. The van der Waals surface area contributed by atoms with Gasteiger partial charge in [-0.1, -0.05) is 31.2 Å². The lowest BCUT2D eigenvalue weighted by molar-refractivity contribution is 0.605. The number of aryl methyl sites for hydroxylation is 1. The number of fused-ring (bicyclic) bond motifs is 1. The van der Waals surface area contributed by atoms with Crippen LogP contribution >= 0.6 is 0 Å². The number of hydrogen-bond donors (Lipinski definition) is 0.